The number of carbonyl (C=O) groups excluding carboxylic acids is 2. The molecule has 0 saturated carbocycles. The second-order valence-electron chi connectivity index (χ2n) is 5.84. The van der Waals surface area contributed by atoms with Crippen molar-refractivity contribution in [2.75, 3.05) is 24.2 Å². The van der Waals surface area contributed by atoms with Crippen molar-refractivity contribution >= 4 is 29.4 Å². The van der Waals surface area contributed by atoms with Crippen LogP contribution in [0.4, 0.5) is 10.5 Å². The van der Waals surface area contributed by atoms with Crippen molar-refractivity contribution in [3.05, 3.63) is 24.3 Å². The van der Waals surface area contributed by atoms with Gasteiger partial charge in [0.05, 0.1) is 18.5 Å². The summed E-state index contributed by atoms with van der Waals surface area (Å²) in [5.74, 6) is 0.556. The number of nitriles is 1. The maximum Gasteiger partial charge on any atom is 0.321 e. The lowest BCUT2D eigenvalue weighted by atomic mass is 10.2. The highest BCUT2D eigenvalue weighted by molar-refractivity contribution is 7.99. The Morgan fingerprint density at radius 2 is 1.96 bits per heavy atom. The van der Waals surface area contributed by atoms with Crippen molar-refractivity contribution in [1.29, 1.82) is 5.26 Å². The van der Waals surface area contributed by atoms with E-state index < -0.39 is 11.9 Å². The summed E-state index contributed by atoms with van der Waals surface area (Å²) in [7, 11) is 0. The Balaban J connectivity index is 2.48. The highest BCUT2D eigenvalue weighted by Gasteiger charge is 2.10. The number of carbonyl (C=O) groups is 2. The minimum Gasteiger partial charge on any atom is -0.375 e. The molecule has 0 bridgehead atoms. The molecule has 6 nitrogen and oxygen atoms in total. The Morgan fingerprint density at radius 1 is 1.25 bits per heavy atom. The monoisotopic (exact) mass is 348 g/mol. The molecular formula is C17H24N4O2S. The molecule has 0 aliphatic rings. The van der Waals surface area contributed by atoms with Crippen LogP contribution in [0.15, 0.2) is 29.2 Å². The van der Waals surface area contributed by atoms with E-state index >= 15 is 0 Å². The zero-order chi connectivity index (χ0) is 17.9. The summed E-state index contributed by atoms with van der Waals surface area (Å²) in [4.78, 5) is 24.3. The van der Waals surface area contributed by atoms with Crippen LogP contribution in [0.1, 0.15) is 20.8 Å². The third-order valence-corrected chi connectivity index (χ3v) is 4.29. The van der Waals surface area contributed by atoms with Gasteiger partial charge in [-0.2, -0.15) is 5.26 Å². The average Bonchev–Trinajstić information content (AvgIpc) is 2.56. The van der Waals surface area contributed by atoms with Crippen molar-refractivity contribution in [2.24, 2.45) is 11.8 Å². The van der Waals surface area contributed by atoms with Crippen molar-refractivity contribution in [1.82, 2.24) is 10.6 Å². The molecule has 0 saturated heterocycles. The number of rotatable bonds is 8. The van der Waals surface area contributed by atoms with Gasteiger partial charge in [0.25, 0.3) is 0 Å². The molecule has 24 heavy (non-hydrogen) atoms. The van der Waals surface area contributed by atoms with Gasteiger partial charge in [-0.25, -0.2) is 4.79 Å². The molecule has 0 aromatic heterocycles. The first-order chi connectivity index (χ1) is 11.4. The van der Waals surface area contributed by atoms with E-state index in [0.29, 0.717) is 18.2 Å². The number of nitrogens with one attached hydrogen (secondary N) is 3. The first kappa shape index (κ1) is 19.8. The van der Waals surface area contributed by atoms with Crippen molar-refractivity contribution < 1.29 is 9.59 Å². The Labute approximate surface area is 147 Å². The molecule has 1 aromatic carbocycles. The van der Waals surface area contributed by atoms with Crippen LogP contribution < -0.4 is 16.0 Å². The van der Waals surface area contributed by atoms with Gasteiger partial charge >= 0.3 is 6.03 Å². The molecule has 1 atom stereocenters. The topological polar surface area (TPSA) is 94.0 Å². The summed E-state index contributed by atoms with van der Waals surface area (Å²) in [6, 6.07) is 9.29. The first-order valence-electron chi connectivity index (χ1n) is 7.85. The molecule has 1 unspecified atom stereocenters. The number of hydrogen-bond acceptors (Lipinski definition) is 5. The fourth-order valence-electron chi connectivity index (χ4n) is 1.68. The number of nitrogens with zero attached hydrogens (tertiary/aromatic N) is 1. The maximum absolute atomic E-state index is 11.8. The number of thioether (sulfide) groups is 1. The van der Waals surface area contributed by atoms with Crippen LogP contribution >= 0.6 is 11.8 Å². The second-order valence-corrected chi connectivity index (χ2v) is 6.90. The van der Waals surface area contributed by atoms with Crippen LogP contribution in [0, 0.1) is 23.2 Å². The smallest absolute Gasteiger partial charge is 0.321 e. The summed E-state index contributed by atoms with van der Waals surface area (Å²) in [6.07, 6.45) is 0. The number of anilines is 1. The van der Waals surface area contributed by atoms with Gasteiger partial charge < -0.3 is 10.6 Å². The van der Waals surface area contributed by atoms with Gasteiger partial charge in [0.15, 0.2) is 0 Å². The van der Waals surface area contributed by atoms with Gasteiger partial charge in [0.2, 0.25) is 5.91 Å². The largest absolute Gasteiger partial charge is 0.375 e. The lowest BCUT2D eigenvalue weighted by Crippen LogP contribution is -2.43. The molecular weight excluding hydrogens is 324 g/mol. The molecule has 0 spiro atoms. The average molecular weight is 348 g/mol. The van der Waals surface area contributed by atoms with Gasteiger partial charge in [-0.1, -0.05) is 26.0 Å². The SMILES string of the molecule is CC(C)CNC(=O)NC(=O)CNc1ccccc1SCC(C)C#N. The molecule has 3 N–H and O–H groups in total. The molecule has 1 aromatic rings. The van der Waals surface area contributed by atoms with Crippen LogP contribution in [0.3, 0.4) is 0 Å². The van der Waals surface area contributed by atoms with E-state index in [1.54, 1.807) is 11.8 Å². The number of benzene rings is 1. The van der Waals surface area contributed by atoms with E-state index in [4.69, 9.17) is 5.26 Å². The zero-order valence-electron chi connectivity index (χ0n) is 14.3. The summed E-state index contributed by atoms with van der Waals surface area (Å²) in [5.41, 5.74) is 0.811. The van der Waals surface area contributed by atoms with E-state index in [0.717, 1.165) is 10.6 Å². The number of hydrogen-bond donors (Lipinski definition) is 3. The molecule has 7 heteroatoms. The predicted molar refractivity (Wildman–Crippen MR) is 96.8 cm³/mol. The quantitative estimate of drug-likeness (QED) is 0.628. The number of urea groups is 1. The van der Waals surface area contributed by atoms with Crippen molar-refractivity contribution in [2.45, 2.75) is 25.7 Å². The van der Waals surface area contributed by atoms with E-state index in [9.17, 15) is 9.59 Å². The maximum atomic E-state index is 11.8. The summed E-state index contributed by atoms with van der Waals surface area (Å²) in [5, 5.41) is 16.8. The minimum atomic E-state index is -0.485. The van der Waals surface area contributed by atoms with Crippen LogP contribution in [0.2, 0.25) is 0 Å². The fourth-order valence-corrected chi connectivity index (χ4v) is 2.65. The molecule has 0 heterocycles. The molecule has 0 fully saturated rings. The lowest BCUT2D eigenvalue weighted by molar-refractivity contribution is -0.118. The third kappa shape index (κ3) is 7.88. The predicted octanol–water partition coefficient (Wildman–Crippen LogP) is 2.83. The standard InChI is InChI=1S/C17H24N4O2S/c1-12(2)9-20-17(23)21-16(22)10-19-14-6-4-5-7-15(14)24-11-13(3)8-18/h4-7,12-13,19H,9-11H2,1-3H3,(H2,20,21,22,23). The fraction of sp³-hybridized carbons (Fsp3) is 0.471. The highest BCUT2D eigenvalue weighted by Crippen LogP contribution is 2.28. The number of imide groups is 1. The van der Waals surface area contributed by atoms with Crippen LogP contribution in [0.5, 0.6) is 0 Å². The molecule has 130 valence electrons. The number of para-hydroxylation sites is 1. The molecule has 0 aliphatic carbocycles. The molecule has 1 rings (SSSR count). The van der Waals surface area contributed by atoms with E-state index in [2.05, 4.69) is 22.0 Å². The normalized spacial score (nSPS) is 11.5. The van der Waals surface area contributed by atoms with E-state index in [1.807, 2.05) is 45.0 Å². The van der Waals surface area contributed by atoms with Gasteiger partial charge in [-0.15, -0.1) is 11.8 Å². The highest BCUT2D eigenvalue weighted by atomic mass is 32.2. The zero-order valence-corrected chi connectivity index (χ0v) is 15.1. The first-order valence-corrected chi connectivity index (χ1v) is 8.84. The van der Waals surface area contributed by atoms with E-state index in [1.165, 1.54) is 0 Å². The Kier molecular flexibility index (Phi) is 8.72. The molecule has 3 amide bonds. The minimum absolute atomic E-state index is 0.000472. The van der Waals surface area contributed by atoms with Crippen LogP contribution in [-0.2, 0) is 4.79 Å². The Bertz CT molecular complexity index is 598. The van der Waals surface area contributed by atoms with E-state index in [-0.39, 0.29) is 12.5 Å². The molecule has 0 aliphatic heterocycles. The van der Waals surface area contributed by atoms with Crippen LogP contribution in [-0.4, -0.2) is 30.8 Å². The van der Waals surface area contributed by atoms with Gasteiger partial charge in [0, 0.05) is 22.9 Å². The van der Waals surface area contributed by atoms with Gasteiger partial charge in [-0.05, 0) is 25.0 Å². The van der Waals surface area contributed by atoms with Crippen molar-refractivity contribution in [3.8, 4) is 6.07 Å². The second kappa shape index (κ2) is 10.6. The Hall–Kier alpha value is -2.20. The third-order valence-electron chi connectivity index (χ3n) is 2.96. The summed E-state index contributed by atoms with van der Waals surface area (Å²) >= 11 is 1.56. The summed E-state index contributed by atoms with van der Waals surface area (Å²) < 4.78 is 0. The molecule has 0 radical (unpaired) electrons. The van der Waals surface area contributed by atoms with Gasteiger partial charge in [-0.3, -0.25) is 10.1 Å². The summed E-state index contributed by atoms with van der Waals surface area (Å²) in [6.45, 7) is 6.34. The Morgan fingerprint density at radius 3 is 2.62 bits per heavy atom. The van der Waals surface area contributed by atoms with Crippen LogP contribution in [0.25, 0.3) is 0 Å². The van der Waals surface area contributed by atoms with Crippen molar-refractivity contribution in [3.63, 3.8) is 0 Å². The van der Waals surface area contributed by atoms with Gasteiger partial charge in [0.1, 0.15) is 0 Å². The lowest BCUT2D eigenvalue weighted by Gasteiger charge is -2.12. The number of amides is 3.